The van der Waals surface area contributed by atoms with Crippen molar-refractivity contribution >= 4 is 0 Å². The average molecular weight is 168 g/mol. The van der Waals surface area contributed by atoms with Crippen molar-refractivity contribution in [3.05, 3.63) is 0 Å². The molecule has 3 heteroatoms. The summed E-state index contributed by atoms with van der Waals surface area (Å²) >= 11 is 0. The first-order valence-corrected chi connectivity index (χ1v) is 4.99. The minimum Gasteiger partial charge on any atom is -0.392 e. The van der Waals surface area contributed by atoms with E-state index in [-0.39, 0.29) is 6.10 Å². The van der Waals surface area contributed by atoms with Crippen LogP contribution in [0.4, 0.5) is 0 Å². The molecule has 3 fully saturated rings. The van der Waals surface area contributed by atoms with Crippen molar-refractivity contribution in [1.29, 1.82) is 0 Å². The fourth-order valence-electron chi connectivity index (χ4n) is 3.25. The molecule has 0 aliphatic carbocycles. The minimum atomic E-state index is -0.0449. The average Bonchev–Trinajstić information content (AvgIpc) is 2.59. The van der Waals surface area contributed by atoms with Gasteiger partial charge in [-0.05, 0) is 25.3 Å². The highest BCUT2D eigenvalue weighted by atomic mass is 16.3. The number of nitrogens with zero attached hydrogens (tertiary/aromatic N) is 1. The van der Waals surface area contributed by atoms with Crippen molar-refractivity contribution in [1.82, 2.24) is 10.2 Å². The molecule has 2 N–H and O–H groups in total. The molecule has 0 unspecified atom stereocenters. The molecule has 3 heterocycles. The van der Waals surface area contributed by atoms with Crippen LogP contribution in [0.1, 0.15) is 12.8 Å². The number of nitrogens with one attached hydrogen (secondary N) is 1. The van der Waals surface area contributed by atoms with Crippen LogP contribution < -0.4 is 5.32 Å². The maximum Gasteiger partial charge on any atom is 0.0682 e. The second-order valence-corrected chi connectivity index (χ2v) is 4.46. The number of aliphatic hydroxyl groups excluding tert-OH is 1. The van der Waals surface area contributed by atoms with E-state index in [9.17, 15) is 5.11 Å². The number of hydrogen-bond acceptors (Lipinski definition) is 3. The van der Waals surface area contributed by atoms with E-state index in [1.807, 2.05) is 0 Å². The summed E-state index contributed by atoms with van der Waals surface area (Å²) < 4.78 is 0. The Morgan fingerprint density at radius 3 is 3.08 bits per heavy atom. The second-order valence-electron chi connectivity index (χ2n) is 4.46. The van der Waals surface area contributed by atoms with Crippen LogP contribution >= 0.6 is 0 Å². The lowest BCUT2D eigenvalue weighted by molar-refractivity contribution is 0.161. The number of hydrogen-bond donors (Lipinski definition) is 2. The van der Waals surface area contributed by atoms with Crippen LogP contribution in [0.2, 0.25) is 0 Å². The fourth-order valence-corrected chi connectivity index (χ4v) is 3.25. The van der Waals surface area contributed by atoms with Gasteiger partial charge < -0.3 is 10.4 Å². The van der Waals surface area contributed by atoms with Gasteiger partial charge in [-0.15, -0.1) is 0 Å². The highest BCUT2D eigenvalue weighted by Crippen LogP contribution is 2.38. The third-order valence-electron chi connectivity index (χ3n) is 3.74. The van der Waals surface area contributed by atoms with E-state index in [0.29, 0.717) is 6.04 Å². The highest BCUT2D eigenvalue weighted by Gasteiger charge is 2.47. The Morgan fingerprint density at radius 1 is 1.25 bits per heavy atom. The lowest BCUT2D eigenvalue weighted by Crippen LogP contribution is -2.36. The molecule has 0 spiro atoms. The van der Waals surface area contributed by atoms with Crippen molar-refractivity contribution in [2.45, 2.75) is 31.0 Å². The third-order valence-corrected chi connectivity index (χ3v) is 3.74. The summed E-state index contributed by atoms with van der Waals surface area (Å²) in [5, 5.41) is 12.9. The zero-order valence-corrected chi connectivity index (χ0v) is 7.24. The molecule has 3 nitrogen and oxygen atoms in total. The van der Waals surface area contributed by atoms with Crippen LogP contribution in [0.5, 0.6) is 0 Å². The molecule has 3 saturated heterocycles. The Balaban J connectivity index is 1.80. The van der Waals surface area contributed by atoms with Crippen molar-refractivity contribution in [2.75, 3.05) is 19.6 Å². The maximum absolute atomic E-state index is 9.49. The van der Waals surface area contributed by atoms with Gasteiger partial charge in [-0.1, -0.05) is 0 Å². The molecule has 0 radical (unpaired) electrons. The van der Waals surface area contributed by atoms with E-state index in [1.165, 1.54) is 13.0 Å². The summed E-state index contributed by atoms with van der Waals surface area (Å²) in [6.07, 6.45) is 2.29. The molecular weight excluding hydrogens is 152 g/mol. The van der Waals surface area contributed by atoms with E-state index < -0.39 is 0 Å². The first-order chi connectivity index (χ1) is 5.84. The molecule has 12 heavy (non-hydrogen) atoms. The van der Waals surface area contributed by atoms with Crippen LogP contribution in [-0.4, -0.2) is 47.8 Å². The van der Waals surface area contributed by atoms with E-state index in [2.05, 4.69) is 10.2 Å². The van der Waals surface area contributed by atoms with Gasteiger partial charge >= 0.3 is 0 Å². The smallest absolute Gasteiger partial charge is 0.0682 e. The van der Waals surface area contributed by atoms with Gasteiger partial charge in [-0.25, -0.2) is 0 Å². The molecule has 3 aliphatic heterocycles. The van der Waals surface area contributed by atoms with Gasteiger partial charge in [0.05, 0.1) is 6.10 Å². The Hall–Kier alpha value is -0.120. The molecule has 3 rings (SSSR count). The molecule has 0 amide bonds. The number of rotatable bonds is 0. The van der Waals surface area contributed by atoms with E-state index >= 15 is 0 Å². The maximum atomic E-state index is 9.49. The van der Waals surface area contributed by atoms with Crippen molar-refractivity contribution in [2.24, 2.45) is 5.92 Å². The summed E-state index contributed by atoms with van der Waals surface area (Å²) in [5.41, 5.74) is 0. The predicted octanol–water partition coefficient (Wildman–Crippen LogP) is -0.587. The second kappa shape index (κ2) is 2.44. The van der Waals surface area contributed by atoms with Crippen molar-refractivity contribution in [3.63, 3.8) is 0 Å². The monoisotopic (exact) mass is 168 g/mol. The van der Waals surface area contributed by atoms with E-state index in [4.69, 9.17) is 0 Å². The zero-order valence-electron chi connectivity index (χ0n) is 7.24. The molecular formula is C9H16N2O. The van der Waals surface area contributed by atoms with Gasteiger partial charge in [-0.3, -0.25) is 4.90 Å². The Bertz CT molecular complexity index is 197. The molecule has 0 aromatic rings. The van der Waals surface area contributed by atoms with Gasteiger partial charge in [0.15, 0.2) is 0 Å². The quantitative estimate of drug-likeness (QED) is 0.507. The van der Waals surface area contributed by atoms with Crippen LogP contribution in [0.15, 0.2) is 0 Å². The minimum absolute atomic E-state index is 0.0449. The molecule has 4 atom stereocenters. The predicted molar refractivity (Wildman–Crippen MR) is 45.9 cm³/mol. The summed E-state index contributed by atoms with van der Waals surface area (Å²) in [5.74, 6) is 0.877. The van der Waals surface area contributed by atoms with Gasteiger partial charge in [-0.2, -0.15) is 0 Å². The van der Waals surface area contributed by atoms with Crippen LogP contribution in [0.25, 0.3) is 0 Å². The zero-order chi connectivity index (χ0) is 8.13. The third kappa shape index (κ3) is 0.873. The molecule has 0 bridgehead atoms. The lowest BCUT2D eigenvalue weighted by atomic mass is 10.00. The fraction of sp³-hybridized carbons (Fsp3) is 1.00. The molecule has 0 saturated carbocycles. The Morgan fingerprint density at radius 2 is 2.17 bits per heavy atom. The molecule has 3 aliphatic rings. The largest absolute Gasteiger partial charge is 0.392 e. The first-order valence-electron chi connectivity index (χ1n) is 4.99. The molecule has 0 aromatic heterocycles. The van der Waals surface area contributed by atoms with Gasteiger partial charge in [0.2, 0.25) is 0 Å². The molecule has 0 aromatic carbocycles. The van der Waals surface area contributed by atoms with Crippen LogP contribution in [0, 0.1) is 5.92 Å². The van der Waals surface area contributed by atoms with Gasteiger partial charge in [0.1, 0.15) is 0 Å². The summed E-state index contributed by atoms with van der Waals surface area (Å²) in [6.45, 7) is 3.27. The standard InChI is InChI=1S/C9H16N2O/c12-8-2-7-1-6-3-10-4-9(6)11(7)5-8/h6-10,12H,1-5H2/t6-,7-,8-,9-/m0/s1. The van der Waals surface area contributed by atoms with Crippen LogP contribution in [-0.2, 0) is 0 Å². The van der Waals surface area contributed by atoms with E-state index in [0.717, 1.165) is 31.5 Å². The Labute approximate surface area is 72.7 Å². The van der Waals surface area contributed by atoms with Gasteiger partial charge in [0.25, 0.3) is 0 Å². The van der Waals surface area contributed by atoms with E-state index in [1.54, 1.807) is 0 Å². The normalized spacial score (nSPS) is 52.8. The highest BCUT2D eigenvalue weighted by molar-refractivity contribution is 5.03. The topological polar surface area (TPSA) is 35.5 Å². The summed E-state index contributed by atoms with van der Waals surface area (Å²) in [4.78, 5) is 2.52. The SMILES string of the molecule is O[C@H]1C[C@@H]2C[C@H]3CNC[C@@H]3N2C1. The van der Waals surface area contributed by atoms with Gasteiger partial charge in [0, 0.05) is 25.2 Å². The summed E-state index contributed by atoms with van der Waals surface area (Å²) in [6, 6.07) is 1.45. The summed E-state index contributed by atoms with van der Waals surface area (Å²) in [7, 11) is 0. The Kier molecular flexibility index (Phi) is 1.48. The van der Waals surface area contributed by atoms with Crippen molar-refractivity contribution in [3.8, 4) is 0 Å². The van der Waals surface area contributed by atoms with Crippen LogP contribution in [0.3, 0.4) is 0 Å². The van der Waals surface area contributed by atoms with Crippen molar-refractivity contribution < 1.29 is 5.11 Å². The molecule has 68 valence electrons. The number of fused-ring (bicyclic) bond motifs is 3. The number of aliphatic hydroxyl groups is 1. The lowest BCUT2D eigenvalue weighted by Gasteiger charge is -2.21. The first kappa shape index (κ1) is 7.30.